The highest BCUT2D eigenvalue weighted by molar-refractivity contribution is 7.89. The quantitative estimate of drug-likeness (QED) is 0.539. The standard InChI is InChI=1S/C22H21Cl2N3O4S/c1-14-4-9-17-18(23)12-19(24)22(21(17)25-14)31-13-20(28)26-15-5-7-16(8-6-15)32(29,30)27-10-2-3-11-27/h4-9,12H,2-3,10-11,13H2,1H3,(H,26,28). The van der Waals surface area contributed by atoms with Crippen LogP contribution in [0.25, 0.3) is 10.9 Å². The Morgan fingerprint density at radius 1 is 1.09 bits per heavy atom. The van der Waals surface area contributed by atoms with E-state index in [1.165, 1.54) is 16.4 Å². The zero-order valence-corrected chi connectivity index (χ0v) is 19.6. The van der Waals surface area contributed by atoms with E-state index in [9.17, 15) is 13.2 Å². The number of carbonyl (C=O) groups excluding carboxylic acids is 1. The summed E-state index contributed by atoms with van der Waals surface area (Å²) in [6.45, 7) is 2.60. The van der Waals surface area contributed by atoms with E-state index in [0.29, 0.717) is 34.7 Å². The van der Waals surface area contributed by atoms with E-state index in [4.69, 9.17) is 27.9 Å². The van der Waals surface area contributed by atoms with Crippen LogP contribution >= 0.6 is 23.2 Å². The van der Waals surface area contributed by atoms with Gasteiger partial charge in [0.15, 0.2) is 12.4 Å². The number of aryl methyl sites for hydroxylation is 1. The van der Waals surface area contributed by atoms with E-state index in [2.05, 4.69) is 10.3 Å². The molecule has 10 heteroatoms. The van der Waals surface area contributed by atoms with Gasteiger partial charge in [-0.05, 0) is 62.2 Å². The number of fused-ring (bicyclic) bond motifs is 1. The van der Waals surface area contributed by atoms with Crippen molar-refractivity contribution < 1.29 is 17.9 Å². The predicted octanol–water partition coefficient (Wildman–Crippen LogP) is 4.65. The average molecular weight is 494 g/mol. The first-order valence-corrected chi connectivity index (χ1v) is 12.2. The molecule has 0 spiro atoms. The zero-order chi connectivity index (χ0) is 22.9. The van der Waals surface area contributed by atoms with Gasteiger partial charge in [-0.2, -0.15) is 4.31 Å². The van der Waals surface area contributed by atoms with Crippen molar-refractivity contribution in [2.75, 3.05) is 25.0 Å². The van der Waals surface area contributed by atoms with Crippen LogP contribution in [0.4, 0.5) is 5.69 Å². The van der Waals surface area contributed by atoms with Gasteiger partial charge in [-0.25, -0.2) is 13.4 Å². The molecule has 0 unspecified atom stereocenters. The molecule has 2 heterocycles. The monoisotopic (exact) mass is 493 g/mol. The van der Waals surface area contributed by atoms with Gasteiger partial charge in [0.2, 0.25) is 10.0 Å². The molecule has 0 saturated carbocycles. The fraction of sp³-hybridized carbons (Fsp3) is 0.273. The number of sulfonamides is 1. The van der Waals surface area contributed by atoms with Gasteiger partial charge in [-0.1, -0.05) is 23.2 Å². The van der Waals surface area contributed by atoms with Crippen LogP contribution in [0.3, 0.4) is 0 Å². The number of aromatic nitrogens is 1. The van der Waals surface area contributed by atoms with E-state index >= 15 is 0 Å². The van der Waals surface area contributed by atoms with Gasteiger partial charge in [0.25, 0.3) is 5.91 Å². The molecule has 1 saturated heterocycles. The number of ether oxygens (including phenoxy) is 1. The first-order valence-electron chi connectivity index (χ1n) is 10.0. The van der Waals surface area contributed by atoms with Gasteiger partial charge in [0, 0.05) is 29.9 Å². The van der Waals surface area contributed by atoms with Crippen LogP contribution in [0.2, 0.25) is 10.0 Å². The Morgan fingerprint density at radius 3 is 2.47 bits per heavy atom. The minimum Gasteiger partial charge on any atom is -0.480 e. The van der Waals surface area contributed by atoms with Crippen molar-refractivity contribution in [3.63, 3.8) is 0 Å². The molecule has 32 heavy (non-hydrogen) atoms. The van der Waals surface area contributed by atoms with Gasteiger partial charge in [-0.3, -0.25) is 4.79 Å². The molecule has 0 bridgehead atoms. The molecule has 4 rings (SSSR count). The van der Waals surface area contributed by atoms with Gasteiger partial charge >= 0.3 is 0 Å². The summed E-state index contributed by atoms with van der Waals surface area (Å²) in [5.74, 6) is -0.149. The van der Waals surface area contributed by atoms with Gasteiger partial charge < -0.3 is 10.1 Å². The highest BCUT2D eigenvalue weighted by Gasteiger charge is 2.27. The second-order valence-electron chi connectivity index (χ2n) is 7.49. The van der Waals surface area contributed by atoms with Crippen molar-refractivity contribution in [3.8, 4) is 5.75 Å². The zero-order valence-electron chi connectivity index (χ0n) is 17.3. The molecule has 3 aromatic rings. The number of benzene rings is 2. The third-order valence-electron chi connectivity index (χ3n) is 5.17. The highest BCUT2D eigenvalue weighted by atomic mass is 35.5. The summed E-state index contributed by atoms with van der Waals surface area (Å²) in [6, 6.07) is 11.3. The van der Waals surface area contributed by atoms with Crippen LogP contribution in [-0.4, -0.2) is 43.3 Å². The maximum Gasteiger partial charge on any atom is 0.262 e. The Hall–Kier alpha value is -2.39. The lowest BCUT2D eigenvalue weighted by Crippen LogP contribution is -2.27. The van der Waals surface area contributed by atoms with Crippen LogP contribution in [-0.2, 0) is 14.8 Å². The number of rotatable bonds is 6. The maximum absolute atomic E-state index is 12.6. The molecule has 1 aliphatic heterocycles. The molecule has 168 valence electrons. The summed E-state index contributed by atoms with van der Waals surface area (Å²) >= 11 is 12.5. The maximum atomic E-state index is 12.6. The molecule has 2 aromatic carbocycles. The van der Waals surface area contributed by atoms with Crippen molar-refractivity contribution in [3.05, 3.63) is 58.2 Å². The normalized spacial score (nSPS) is 14.6. The summed E-state index contributed by atoms with van der Waals surface area (Å²) in [6.07, 6.45) is 1.74. The topological polar surface area (TPSA) is 88.6 Å². The molecule has 1 aliphatic rings. The number of hydrogen-bond acceptors (Lipinski definition) is 5. The lowest BCUT2D eigenvalue weighted by Gasteiger charge is -2.16. The number of hydrogen-bond donors (Lipinski definition) is 1. The Balaban J connectivity index is 1.44. The van der Waals surface area contributed by atoms with Gasteiger partial charge in [-0.15, -0.1) is 0 Å². The molecule has 7 nitrogen and oxygen atoms in total. The summed E-state index contributed by atoms with van der Waals surface area (Å²) < 4.78 is 32.4. The molecule has 0 aliphatic carbocycles. The van der Waals surface area contributed by atoms with Crippen molar-refractivity contribution in [1.82, 2.24) is 9.29 Å². The van der Waals surface area contributed by atoms with E-state index < -0.39 is 15.9 Å². The summed E-state index contributed by atoms with van der Waals surface area (Å²) in [7, 11) is -3.50. The smallest absolute Gasteiger partial charge is 0.262 e. The first-order chi connectivity index (χ1) is 15.3. The van der Waals surface area contributed by atoms with E-state index in [-0.39, 0.29) is 22.3 Å². The molecule has 1 N–H and O–H groups in total. The first kappa shape index (κ1) is 22.8. The third kappa shape index (κ3) is 4.68. The second kappa shape index (κ2) is 9.23. The summed E-state index contributed by atoms with van der Waals surface area (Å²) in [5, 5.41) is 4.06. The second-order valence-corrected chi connectivity index (χ2v) is 10.2. The Kier molecular flexibility index (Phi) is 6.57. The van der Waals surface area contributed by atoms with Crippen molar-refractivity contribution in [2.45, 2.75) is 24.7 Å². The van der Waals surface area contributed by atoms with E-state index in [1.807, 2.05) is 19.1 Å². The number of pyridine rings is 1. The Bertz CT molecular complexity index is 1270. The van der Waals surface area contributed by atoms with Crippen LogP contribution < -0.4 is 10.1 Å². The fourth-order valence-corrected chi connectivity index (χ4v) is 5.64. The molecule has 1 amide bonds. The Morgan fingerprint density at radius 2 is 1.78 bits per heavy atom. The van der Waals surface area contributed by atoms with Gasteiger partial charge in [0.1, 0.15) is 5.52 Å². The van der Waals surface area contributed by atoms with Gasteiger partial charge in [0.05, 0.1) is 14.9 Å². The van der Waals surface area contributed by atoms with E-state index in [1.54, 1.807) is 18.2 Å². The number of anilines is 1. The summed E-state index contributed by atoms with van der Waals surface area (Å²) in [4.78, 5) is 17.0. The number of carbonyl (C=O) groups is 1. The highest BCUT2D eigenvalue weighted by Crippen LogP contribution is 2.37. The largest absolute Gasteiger partial charge is 0.480 e. The minimum atomic E-state index is -3.50. The summed E-state index contributed by atoms with van der Waals surface area (Å²) in [5.41, 5.74) is 1.70. The molecule has 1 fully saturated rings. The van der Waals surface area contributed by atoms with Crippen molar-refractivity contribution in [2.24, 2.45) is 0 Å². The molecular weight excluding hydrogens is 473 g/mol. The molecular formula is C22H21Cl2N3O4S. The Labute approximate surface area is 196 Å². The molecule has 0 radical (unpaired) electrons. The van der Waals surface area contributed by atoms with Crippen LogP contribution in [0.1, 0.15) is 18.5 Å². The van der Waals surface area contributed by atoms with E-state index in [0.717, 1.165) is 18.5 Å². The van der Waals surface area contributed by atoms with Crippen LogP contribution in [0.15, 0.2) is 47.4 Å². The number of amides is 1. The number of nitrogens with zero attached hydrogens (tertiary/aromatic N) is 2. The predicted molar refractivity (Wildman–Crippen MR) is 125 cm³/mol. The third-order valence-corrected chi connectivity index (χ3v) is 7.67. The lowest BCUT2D eigenvalue weighted by atomic mass is 10.2. The SMILES string of the molecule is Cc1ccc2c(Cl)cc(Cl)c(OCC(=O)Nc3ccc(S(=O)(=O)N4CCCC4)cc3)c2n1. The fourth-order valence-electron chi connectivity index (χ4n) is 3.55. The van der Waals surface area contributed by atoms with Crippen LogP contribution in [0, 0.1) is 6.92 Å². The molecule has 0 atom stereocenters. The number of nitrogens with one attached hydrogen (secondary N) is 1. The molecule has 1 aromatic heterocycles. The van der Waals surface area contributed by atoms with Crippen molar-refractivity contribution >= 4 is 55.7 Å². The van der Waals surface area contributed by atoms with Crippen LogP contribution in [0.5, 0.6) is 5.75 Å². The minimum absolute atomic E-state index is 0.203. The number of halogens is 2. The average Bonchev–Trinajstić information content (AvgIpc) is 3.29. The van der Waals surface area contributed by atoms with Crippen molar-refractivity contribution in [1.29, 1.82) is 0 Å². The lowest BCUT2D eigenvalue weighted by molar-refractivity contribution is -0.118.